The molecular formula is C18H27ClN4O3. The molecule has 0 bridgehead atoms. The molecule has 144 valence electrons. The number of nitrogens with one attached hydrogen (secondary N) is 1. The summed E-state index contributed by atoms with van der Waals surface area (Å²) in [5.74, 6) is 0.500. The van der Waals surface area contributed by atoms with Gasteiger partial charge in [0.25, 0.3) is 11.6 Å². The molecule has 1 amide bonds. The molecule has 8 heteroatoms. The van der Waals surface area contributed by atoms with E-state index in [0.717, 1.165) is 45.3 Å². The number of nitro groups is 1. The van der Waals surface area contributed by atoms with Crippen LogP contribution in [0.5, 0.6) is 0 Å². The summed E-state index contributed by atoms with van der Waals surface area (Å²) >= 11 is 0. The van der Waals surface area contributed by atoms with Crippen LogP contribution >= 0.6 is 12.4 Å². The van der Waals surface area contributed by atoms with Gasteiger partial charge in [0.1, 0.15) is 5.69 Å². The van der Waals surface area contributed by atoms with Crippen LogP contribution in [0.2, 0.25) is 0 Å². The smallest absolute Gasteiger partial charge is 0.293 e. The molecule has 0 atom stereocenters. The zero-order valence-electron chi connectivity index (χ0n) is 15.1. The van der Waals surface area contributed by atoms with Crippen molar-refractivity contribution in [2.45, 2.75) is 25.7 Å². The third-order valence-corrected chi connectivity index (χ3v) is 5.26. The van der Waals surface area contributed by atoms with E-state index in [-0.39, 0.29) is 28.9 Å². The van der Waals surface area contributed by atoms with E-state index in [2.05, 4.69) is 5.32 Å². The van der Waals surface area contributed by atoms with Gasteiger partial charge in [-0.25, -0.2) is 0 Å². The van der Waals surface area contributed by atoms with Crippen molar-refractivity contribution in [1.82, 2.24) is 10.2 Å². The normalized spacial score (nSPS) is 17.9. The number of amides is 1. The number of nitro benzene ring substituents is 1. The molecule has 2 heterocycles. The first kappa shape index (κ1) is 20.5. The average molecular weight is 383 g/mol. The van der Waals surface area contributed by atoms with Crippen LogP contribution in [0.4, 0.5) is 11.4 Å². The molecule has 26 heavy (non-hydrogen) atoms. The highest BCUT2D eigenvalue weighted by molar-refractivity contribution is 5.96. The van der Waals surface area contributed by atoms with Crippen LogP contribution in [0.3, 0.4) is 0 Å². The van der Waals surface area contributed by atoms with Gasteiger partial charge in [-0.1, -0.05) is 0 Å². The molecule has 0 aliphatic carbocycles. The number of carbonyl (C=O) groups excluding carboxylic acids is 1. The molecule has 1 aromatic carbocycles. The number of likely N-dealkylation sites (tertiary alicyclic amines) is 1. The lowest BCUT2D eigenvalue weighted by atomic mass is 9.96. The summed E-state index contributed by atoms with van der Waals surface area (Å²) < 4.78 is 0. The Morgan fingerprint density at radius 3 is 2.46 bits per heavy atom. The molecule has 1 N–H and O–H groups in total. The number of anilines is 1. The fourth-order valence-electron chi connectivity index (χ4n) is 3.84. The Balaban J connectivity index is 0.00000243. The number of carbonyl (C=O) groups is 1. The minimum atomic E-state index is -0.371. The predicted octanol–water partition coefficient (Wildman–Crippen LogP) is 2.69. The summed E-state index contributed by atoms with van der Waals surface area (Å²) in [6, 6.07) is 4.93. The Morgan fingerprint density at radius 2 is 1.88 bits per heavy atom. The maximum absolute atomic E-state index is 12.7. The fraction of sp³-hybridized carbons (Fsp3) is 0.611. The van der Waals surface area contributed by atoms with Crippen LogP contribution in [0, 0.1) is 16.0 Å². The molecule has 0 unspecified atom stereocenters. The maximum atomic E-state index is 12.7. The van der Waals surface area contributed by atoms with Crippen molar-refractivity contribution in [1.29, 1.82) is 0 Å². The van der Waals surface area contributed by atoms with Crippen LogP contribution in [0.15, 0.2) is 18.2 Å². The van der Waals surface area contributed by atoms with Crippen molar-refractivity contribution in [2.75, 3.05) is 44.7 Å². The Morgan fingerprint density at radius 1 is 1.23 bits per heavy atom. The van der Waals surface area contributed by atoms with Crippen LogP contribution in [-0.4, -0.2) is 55.5 Å². The first-order chi connectivity index (χ1) is 12.1. The van der Waals surface area contributed by atoms with Crippen LogP contribution in [-0.2, 0) is 0 Å². The third kappa shape index (κ3) is 4.45. The van der Waals surface area contributed by atoms with E-state index in [4.69, 9.17) is 0 Å². The van der Waals surface area contributed by atoms with Crippen molar-refractivity contribution in [2.24, 2.45) is 5.92 Å². The first-order valence-electron chi connectivity index (χ1n) is 9.07. The van der Waals surface area contributed by atoms with Crippen LogP contribution in [0.25, 0.3) is 0 Å². The largest absolute Gasteiger partial charge is 0.366 e. The molecule has 0 spiro atoms. The fourth-order valence-corrected chi connectivity index (χ4v) is 3.84. The van der Waals surface area contributed by atoms with Gasteiger partial charge in [-0.05, 0) is 57.3 Å². The topological polar surface area (TPSA) is 78.7 Å². The van der Waals surface area contributed by atoms with Gasteiger partial charge in [-0.15, -0.1) is 12.4 Å². The number of hydrogen-bond donors (Lipinski definition) is 1. The van der Waals surface area contributed by atoms with E-state index in [1.807, 2.05) is 16.8 Å². The first-order valence-corrected chi connectivity index (χ1v) is 9.07. The summed E-state index contributed by atoms with van der Waals surface area (Å²) in [5, 5.41) is 14.7. The highest BCUT2D eigenvalue weighted by Crippen LogP contribution is 2.32. The Labute approximate surface area is 160 Å². The number of halogens is 1. The molecule has 0 radical (unpaired) electrons. The Kier molecular flexibility index (Phi) is 7.23. The van der Waals surface area contributed by atoms with Crippen LogP contribution < -0.4 is 10.2 Å². The van der Waals surface area contributed by atoms with Gasteiger partial charge in [0.15, 0.2) is 0 Å². The zero-order valence-corrected chi connectivity index (χ0v) is 16.0. The second kappa shape index (κ2) is 9.19. The van der Waals surface area contributed by atoms with Crippen molar-refractivity contribution >= 4 is 29.7 Å². The summed E-state index contributed by atoms with van der Waals surface area (Å²) in [4.78, 5) is 27.7. The minimum Gasteiger partial charge on any atom is -0.366 e. The lowest BCUT2D eigenvalue weighted by Crippen LogP contribution is -2.40. The van der Waals surface area contributed by atoms with Crippen molar-refractivity contribution in [3.63, 3.8) is 0 Å². The second-order valence-electron chi connectivity index (χ2n) is 6.95. The lowest BCUT2D eigenvalue weighted by molar-refractivity contribution is -0.384. The molecule has 3 rings (SSSR count). The van der Waals surface area contributed by atoms with Crippen molar-refractivity contribution < 1.29 is 9.72 Å². The van der Waals surface area contributed by atoms with Crippen LogP contribution in [0.1, 0.15) is 36.0 Å². The van der Waals surface area contributed by atoms with E-state index in [1.54, 1.807) is 12.1 Å². The van der Waals surface area contributed by atoms with E-state index in [0.29, 0.717) is 30.3 Å². The molecular weight excluding hydrogens is 356 g/mol. The van der Waals surface area contributed by atoms with Gasteiger partial charge < -0.3 is 15.1 Å². The summed E-state index contributed by atoms with van der Waals surface area (Å²) in [5.41, 5.74) is 1.09. The lowest BCUT2D eigenvalue weighted by Gasteiger charge is -2.32. The van der Waals surface area contributed by atoms with Crippen molar-refractivity contribution in [3.05, 3.63) is 33.9 Å². The predicted molar refractivity (Wildman–Crippen MR) is 104 cm³/mol. The zero-order chi connectivity index (χ0) is 17.8. The van der Waals surface area contributed by atoms with E-state index < -0.39 is 0 Å². The Hall–Kier alpha value is -1.86. The molecule has 1 aromatic rings. The van der Waals surface area contributed by atoms with Gasteiger partial charge in [0.2, 0.25) is 0 Å². The number of piperidine rings is 1. The molecule has 2 fully saturated rings. The number of rotatable bonds is 5. The monoisotopic (exact) mass is 382 g/mol. The average Bonchev–Trinajstić information content (AvgIpc) is 3.16. The van der Waals surface area contributed by atoms with Crippen molar-refractivity contribution in [3.8, 4) is 0 Å². The minimum absolute atomic E-state index is 0. The number of nitrogens with zero attached hydrogens (tertiary/aromatic N) is 3. The molecule has 2 saturated heterocycles. The molecule has 2 aliphatic heterocycles. The quantitative estimate of drug-likeness (QED) is 0.625. The standard InChI is InChI=1S/C18H26N4O3.ClH/c1-19-13-14-6-10-21(11-7-14)18(23)15-4-5-16(17(12-15)22(24)25)20-8-2-3-9-20;/h4-5,12,14,19H,2-3,6-11,13H2,1H3;1H. The molecule has 0 aromatic heterocycles. The van der Waals surface area contributed by atoms with E-state index in [1.165, 1.54) is 6.07 Å². The van der Waals surface area contributed by atoms with Gasteiger partial charge in [-0.2, -0.15) is 0 Å². The number of benzene rings is 1. The highest BCUT2D eigenvalue weighted by Gasteiger charge is 2.27. The molecule has 2 aliphatic rings. The van der Waals surface area contributed by atoms with Gasteiger partial charge in [0.05, 0.1) is 4.92 Å². The summed E-state index contributed by atoms with van der Waals surface area (Å²) in [7, 11) is 1.94. The SMILES string of the molecule is CNCC1CCN(C(=O)c2ccc(N3CCCC3)c([N+](=O)[O-])c2)CC1.Cl. The highest BCUT2D eigenvalue weighted by atomic mass is 35.5. The number of hydrogen-bond acceptors (Lipinski definition) is 5. The molecule has 0 saturated carbocycles. The second-order valence-corrected chi connectivity index (χ2v) is 6.95. The van der Waals surface area contributed by atoms with E-state index >= 15 is 0 Å². The van der Waals surface area contributed by atoms with E-state index in [9.17, 15) is 14.9 Å². The van der Waals surface area contributed by atoms with Gasteiger partial charge in [-0.3, -0.25) is 14.9 Å². The molecule has 7 nitrogen and oxygen atoms in total. The van der Waals surface area contributed by atoms with Gasteiger partial charge in [0, 0.05) is 37.8 Å². The Bertz CT molecular complexity index is 641. The third-order valence-electron chi connectivity index (χ3n) is 5.26. The maximum Gasteiger partial charge on any atom is 0.293 e. The van der Waals surface area contributed by atoms with Gasteiger partial charge >= 0.3 is 0 Å². The summed E-state index contributed by atoms with van der Waals surface area (Å²) in [6.07, 6.45) is 4.06. The summed E-state index contributed by atoms with van der Waals surface area (Å²) in [6.45, 7) is 4.08.